The molecular formula is C14H11F3N2O3. The third-order valence-corrected chi connectivity index (χ3v) is 2.67. The van der Waals surface area contributed by atoms with Gasteiger partial charge in [-0.1, -0.05) is 12.1 Å². The number of hydrogen-bond donors (Lipinski definition) is 2. The number of anilines is 1. The van der Waals surface area contributed by atoms with Crippen molar-refractivity contribution in [1.29, 1.82) is 0 Å². The first-order chi connectivity index (χ1) is 10.4. The van der Waals surface area contributed by atoms with Crippen molar-refractivity contribution in [2.45, 2.75) is 12.7 Å². The molecule has 2 rings (SSSR count). The van der Waals surface area contributed by atoms with Gasteiger partial charge < -0.3 is 15.1 Å². The second-order valence-corrected chi connectivity index (χ2v) is 4.31. The molecule has 2 amide bonds. The van der Waals surface area contributed by atoms with Gasteiger partial charge in [-0.3, -0.25) is 9.59 Å². The van der Waals surface area contributed by atoms with Crippen molar-refractivity contribution in [3.63, 3.8) is 0 Å². The molecule has 0 fully saturated rings. The molecule has 0 aliphatic heterocycles. The van der Waals surface area contributed by atoms with Crippen LogP contribution in [0.3, 0.4) is 0 Å². The van der Waals surface area contributed by atoms with Crippen LogP contribution in [-0.4, -0.2) is 18.0 Å². The van der Waals surface area contributed by atoms with Gasteiger partial charge in [-0.25, -0.2) is 0 Å². The molecule has 8 heteroatoms. The summed E-state index contributed by atoms with van der Waals surface area (Å²) in [5, 5.41) is 4.32. The van der Waals surface area contributed by atoms with Gasteiger partial charge in [0.2, 0.25) is 0 Å². The molecule has 1 aromatic carbocycles. The summed E-state index contributed by atoms with van der Waals surface area (Å²) in [6.45, 7) is 0.174. The lowest BCUT2D eigenvalue weighted by molar-refractivity contribution is -0.167. The maximum absolute atomic E-state index is 12.1. The van der Waals surface area contributed by atoms with Crippen molar-refractivity contribution in [2.24, 2.45) is 0 Å². The summed E-state index contributed by atoms with van der Waals surface area (Å²) in [6, 6.07) is 8.71. The molecule has 0 unspecified atom stereocenters. The Kier molecular flexibility index (Phi) is 4.50. The van der Waals surface area contributed by atoms with Crippen LogP contribution >= 0.6 is 0 Å². The molecule has 0 spiro atoms. The van der Waals surface area contributed by atoms with Gasteiger partial charge in [0.15, 0.2) is 5.76 Å². The molecule has 0 saturated carbocycles. The molecular weight excluding hydrogens is 301 g/mol. The third kappa shape index (κ3) is 4.11. The molecule has 0 saturated heterocycles. The van der Waals surface area contributed by atoms with Crippen molar-refractivity contribution in [3.05, 3.63) is 54.0 Å². The van der Waals surface area contributed by atoms with E-state index in [1.165, 1.54) is 36.6 Å². The predicted molar refractivity (Wildman–Crippen MR) is 71.0 cm³/mol. The SMILES string of the molecule is O=C(NCc1ccc(NC(=O)C(F)(F)F)cc1)c1ccco1. The van der Waals surface area contributed by atoms with E-state index in [1.54, 1.807) is 11.4 Å². The molecule has 0 bridgehead atoms. The summed E-state index contributed by atoms with van der Waals surface area (Å²) < 4.78 is 41.2. The van der Waals surface area contributed by atoms with Crippen LogP contribution in [-0.2, 0) is 11.3 Å². The Bertz CT molecular complexity index is 649. The van der Waals surface area contributed by atoms with Crippen LogP contribution in [0, 0.1) is 0 Å². The van der Waals surface area contributed by atoms with Crippen molar-refractivity contribution in [3.8, 4) is 0 Å². The smallest absolute Gasteiger partial charge is 0.459 e. The van der Waals surface area contributed by atoms with Crippen molar-refractivity contribution in [2.75, 3.05) is 5.32 Å². The van der Waals surface area contributed by atoms with E-state index < -0.39 is 18.0 Å². The first-order valence-corrected chi connectivity index (χ1v) is 6.15. The molecule has 0 aliphatic rings. The van der Waals surface area contributed by atoms with E-state index in [2.05, 4.69) is 5.32 Å². The van der Waals surface area contributed by atoms with Gasteiger partial charge in [-0.05, 0) is 29.8 Å². The van der Waals surface area contributed by atoms with Gasteiger partial charge in [0.1, 0.15) is 0 Å². The first kappa shape index (κ1) is 15.6. The number of furan rings is 1. The standard InChI is InChI=1S/C14H11F3N2O3/c15-14(16,17)13(21)19-10-5-3-9(4-6-10)8-18-12(20)11-2-1-7-22-11/h1-7H,8H2,(H,18,20)(H,19,21). The fourth-order valence-electron chi connectivity index (χ4n) is 1.59. The second kappa shape index (κ2) is 6.33. The van der Waals surface area contributed by atoms with E-state index in [0.29, 0.717) is 5.56 Å². The maximum Gasteiger partial charge on any atom is 0.471 e. The highest BCUT2D eigenvalue weighted by Crippen LogP contribution is 2.18. The number of carbonyl (C=O) groups is 2. The quantitative estimate of drug-likeness (QED) is 0.912. The lowest BCUT2D eigenvalue weighted by Crippen LogP contribution is -2.29. The second-order valence-electron chi connectivity index (χ2n) is 4.31. The number of amides is 2. The average Bonchev–Trinajstić information content (AvgIpc) is 2.99. The summed E-state index contributed by atoms with van der Waals surface area (Å²) in [6.07, 6.45) is -3.57. The van der Waals surface area contributed by atoms with Crippen LogP contribution in [0.1, 0.15) is 16.1 Å². The minimum atomic E-state index is -4.93. The maximum atomic E-state index is 12.1. The van der Waals surface area contributed by atoms with E-state index in [-0.39, 0.29) is 18.0 Å². The van der Waals surface area contributed by atoms with E-state index >= 15 is 0 Å². The summed E-state index contributed by atoms with van der Waals surface area (Å²) in [5.41, 5.74) is 0.674. The topological polar surface area (TPSA) is 71.3 Å². The number of halogens is 3. The van der Waals surface area contributed by atoms with Crippen molar-refractivity contribution < 1.29 is 27.2 Å². The lowest BCUT2D eigenvalue weighted by Gasteiger charge is -2.09. The summed E-state index contributed by atoms with van der Waals surface area (Å²) in [7, 11) is 0. The zero-order valence-electron chi connectivity index (χ0n) is 11.1. The Morgan fingerprint density at radius 2 is 1.77 bits per heavy atom. The van der Waals surface area contributed by atoms with E-state index in [1.807, 2.05) is 0 Å². The molecule has 1 heterocycles. The molecule has 1 aromatic heterocycles. The Morgan fingerprint density at radius 1 is 1.09 bits per heavy atom. The molecule has 116 valence electrons. The monoisotopic (exact) mass is 312 g/mol. The molecule has 0 aliphatic carbocycles. The van der Waals surface area contributed by atoms with E-state index in [4.69, 9.17) is 4.42 Å². The van der Waals surface area contributed by atoms with Crippen LogP contribution in [0.5, 0.6) is 0 Å². The van der Waals surface area contributed by atoms with Gasteiger partial charge in [-0.2, -0.15) is 13.2 Å². The van der Waals surface area contributed by atoms with Crippen molar-refractivity contribution >= 4 is 17.5 Å². The first-order valence-electron chi connectivity index (χ1n) is 6.15. The fraction of sp³-hybridized carbons (Fsp3) is 0.143. The van der Waals surface area contributed by atoms with Crippen LogP contribution in [0.15, 0.2) is 47.1 Å². The number of hydrogen-bond acceptors (Lipinski definition) is 3. The van der Waals surface area contributed by atoms with Gasteiger partial charge in [0.05, 0.1) is 6.26 Å². The Hall–Kier alpha value is -2.77. The summed E-state index contributed by atoms with van der Waals surface area (Å²) >= 11 is 0. The summed E-state index contributed by atoms with van der Waals surface area (Å²) in [5.74, 6) is -2.28. The van der Waals surface area contributed by atoms with Crippen LogP contribution < -0.4 is 10.6 Å². The molecule has 0 radical (unpaired) electrons. The van der Waals surface area contributed by atoms with Gasteiger partial charge in [0.25, 0.3) is 5.91 Å². The van der Waals surface area contributed by atoms with E-state index in [9.17, 15) is 22.8 Å². The van der Waals surface area contributed by atoms with Crippen LogP contribution in [0.2, 0.25) is 0 Å². The zero-order valence-corrected chi connectivity index (χ0v) is 11.1. The van der Waals surface area contributed by atoms with Crippen LogP contribution in [0.25, 0.3) is 0 Å². The number of rotatable bonds is 4. The van der Waals surface area contributed by atoms with Gasteiger partial charge >= 0.3 is 12.1 Å². The number of benzene rings is 1. The fourth-order valence-corrected chi connectivity index (χ4v) is 1.59. The minimum absolute atomic E-state index is 0.0171. The zero-order chi connectivity index (χ0) is 16.2. The Balaban J connectivity index is 1.89. The summed E-state index contributed by atoms with van der Waals surface area (Å²) in [4.78, 5) is 22.4. The normalized spacial score (nSPS) is 11.0. The van der Waals surface area contributed by atoms with Crippen molar-refractivity contribution in [1.82, 2.24) is 5.32 Å². The largest absolute Gasteiger partial charge is 0.471 e. The molecule has 22 heavy (non-hydrogen) atoms. The highest BCUT2D eigenvalue weighted by molar-refractivity contribution is 5.95. The van der Waals surface area contributed by atoms with E-state index in [0.717, 1.165) is 0 Å². The number of alkyl halides is 3. The lowest BCUT2D eigenvalue weighted by atomic mass is 10.2. The predicted octanol–water partition coefficient (Wildman–Crippen LogP) is 2.71. The highest BCUT2D eigenvalue weighted by Gasteiger charge is 2.38. The Morgan fingerprint density at radius 3 is 2.32 bits per heavy atom. The van der Waals surface area contributed by atoms with Gasteiger partial charge in [-0.15, -0.1) is 0 Å². The third-order valence-electron chi connectivity index (χ3n) is 2.67. The minimum Gasteiger partial charge on any atom is -0.459 e. The van der Waals surface area contributed by atoms with Crippen LogP contribution in [0.4, 0.5) is 18.9 Å². The number of nitrogens with one attached hydrogen (secondary N) is 2. The number of carbonyl (C=O) groups excluding carboxylic acids is 2. The highest BCUT2D eigenvalue weighted by atomic mass is 19.4. The average molecular weight is 312 g/mol. The van der Waals surface area contributed by atoms with Gasteiger partial charge in [0, 0.05) is 12.2 Å². The molecule has 2 N–H and O–H groups in total. The Labute approximate surface area is 123 Å². The molecule has 2 aromatic rings. The molecule has 5 nitrogen and oxygen atoms in total. The molecule has 0 atom stereocenters.